The molecule has 1 aromatic heterocycles. The third-order valence-electron chi connectivity index (χ3n) is 2.78. The molecule has 19 heavy (non-hydrogen) atoms. The molecule has 0 aromatic carbocycles. The number of rotatable bonds is 5. The minimum atomic E-state index is -0.919. The molecule has 6 heteroatoms. The van der Waals surface area contributed by atoms with Gasteiger partial charge in [-0.3, -0.25) is 14.4 Å². The average molecular weight is 266 g/mol. The van der Waals surface area contributed by atoms with E-state index < -0.39 is 17.4 Å². The van der Waals surface area contributed by atoms with Gasteiger partial charge in [0, 0.05) is 25.2 Å². The molecule has 6 nitrogen and oxygen atoms in total. The van der Waals surface area contributed by atoms with E-state index in [1.165, 1.54) is 10.6 Å². The molecule has 0 aliphatic carbocycles. The van der Waals surface area contributed by atoms with Crippen molar-refractivity contribution in [1.82, 2.24) is 9.88 Å². The summed E-state index contributed by atoms with van der Waals surface area (Å²) in [6.45, 7) is 3.45. The van der Waals surface area contributed by atoms with Crippen LogP contribution in [0.2, 0.25) is 0 Å². The summed E-state index contributed by atoms with van der Waals surface area (Å²) in [6, 6.07) is 3.06. The summed E-state index contributed by atoms with van der Waals surface area (Å²) in [6.07, 6.45) is 1.82. The number of carboxylic acids is 1. The first-order chi connectivity index (χ1) is 8.73. The predicted octanol–water partition coefficient (Wildman–Crippen LogP) is 0.758. The van der Waals surface area contributed by atoms with E-state index >= 15 is 0 Å². The van der Waals surface area contributed by atoms with Gasteiger partial charge in [0.05, 0.1) is 0 Å². The third-order valence-corrected chi connectivity index (χ3v) is 2.78. The minimum absolute atomic E-state index is 0.0416. The topological polar surface area (TPSA) is 88.4 Å². The molecule has 0 bridgehead atoms. The fourth-order valence-electron chi connectivity index (χ4n) is 1.63. The highest BCUT2D eigenvalue weighted by atomic mass is 16.4. The van der Waals surface area contributed by atoms with Gasteiger partial charge in [-0.15, -0.1) is 0 Å². The molecule has 1 aromatic rings. The van der Waals surface area contributed by atoms with E-state index in [0.717, 1.165) is 0 Å². The number of nitrogens with zero attached hydrogens (tertiary/aromatic N) is 1. The SMILES string of the molecule is Cn1cccc(C(=O)NC(C)(C)CCC(=O)O)c1=O. The molecule has 0 aliphatic heterocycles. The van der Waals surface area contributed by atoms with Gasteiger partial charge in [-0.05, 0) is 32.4 Å². The lowest BCUT2D eigenvalue weighted by Gasteiger charge is -2.25. The largest absolute Gasteiger partial charge is 0.481 e. The van der Waals surface area contributed by atoms with Crippen molar-refractivity contribution in [2.75, 3.05) is 0 Å². The van der Waals surface area contributed by atoms with E-state index in [1.54, 1.807) is 33.2 Å². The van der Waals surface area contributed by atoms with Crippen LogP contribution in [-0.4, -0.2) is 27.1 Å². The summed E-state index contributed by atoms with van der Waals surface area (Å²) >= 11 is 0. The fraction of sp³-hybridized carbons (Fsp3) is 0.462. The first-order valence-electron chi connectivity index (χ1n) is 5.93. The van der Waals surface area contributed by atoms with Gasteiger partial charge in [0.25, 0.3) is 11.5 Å². The Bertz CT molecular complexity index is 546. The predicted molar refractivity (Wildman–Crippen MR) is 70.1 cm³/mol. The quantitative estimate of drug-likeness (QED) is 0.823. The molecule has 0 saturated heterocycles. The van der Waals surface area contributed by atoms with E-state index in [-0.39, 0.29) is 17.5 Å². The standard InChI is InChI=1S/C13H18N2O4/c1-13(2,7-6-10(16)17)14-11(18)9-5-4-8-15(3)12(9)19/h4-5,8H,6-7H2,1-3H3,(H,14,18)(H,16,17). The summed E-state index contributed by atoms with van der Waals surface area (Å²) < 4.78 is 1.32. The van der Waals surface area contributed by atoms with Crippen molar-refractivity contribution in [3.05, 3.63) is 34.2 Å². The van der Waals surface area contributed by atoms with E-state index in [9.17, 15) is 14.4 Å². The van der Waals surface area contributed by atoms with Crippen LogP contribution in [0.3, 0.4) is 0 Å². The number of carbonyl (C=O) groups excluding carboxylic acids is 1. The highest BCUT2D eigenvalue weighted by Crippen LogP contribution is 2.11. The van der Waals surface area contributed by atoms with Crippen LogP contribution in [0.4, 0.5) is 0 Å². The normalized spacial score (nSPS) is 11.1. The summed E-state index contributed by atoms with van der Waals surface area (Å²) in [5.41, 5.74) is -1.02. The Balaban J connectivity index is 2.82. The molecule has 0 aliphatic rings. The van der Waals surface area contributed by atoms with Gasteiger partial charge in [-0.25, -0.2) is 0 Å². The molecule has 1 heterocycles. The van der Waals surface area contributed by atoms with Crippen molar-refractivity contribution in [2.45, 2.75) is 32.2 Å². The number of aliphatic carboxylic acids is 1. The number of hydrogen-bond donors (Lipinski definition) is 2. The maximum absolute atomic E-state index is 12.0. The molecule has 104 valence electrons. The number of aromatic nitrogens is 1. The molecule has 1 rings (SSSR count). The van der Waals surface area contributed by atoms with Crippen molar-refractivity contribution >= 4 is 11.9 Å². The Morgan fingerprint density at radius 3 is 2.63 bits per heavy atom. The van der Waals surface area contributed by atoms with E-state index in [2.05, 4.69) is 5.32 Å². The number of carboxylic acid groups (broad SMARTS) is 1. The van der Waals surface area contributed by atoms with Gasteiger partial charge in [-0.2, -0.15) is 0 Å². The lowest BCUT2D eigenvalue weighted by molar-refractivity contribution is -0.137. The van der Waals surface area contributed by atoms with E-state index in [4.69, 9.17) is 5.11 Å². The number of nitrogens with one attached hydrogen (secondary N) is 1. The number of hydrogen-bond acceptors (Lipinski definition) is 3. The Morgan fingerprint density at radius 2 is 2.05 bits per heavy atom. The zero-order valence-corrected chi connectivity index (χ0v) is 11.3. The second-order valence-corrected chi connectivity index (χ2v) is 5.07. The number of amides is 1. The van der Waals surface area contributed by atoms with E-state index in [1.807, 2.05) is 0 Å². The Kier molecular flexibility index (Phi) is 4.47. The molecule has 2 N–H and O–H groups in total. The van der Waals surface area contributed by atoms with Crippen molar-refractivity contribution in [1.29, 1.82) is 0 Å². The summed E-state index contributed by atoms with van der Waals surface area (Å²) in [5.74, 6) is -1.41. The van der Waals surface area contributed by atoms with Crippen molar-refractivity contribution in [3.63, 3.8) is 0 Å². The molecular formula is C13H18N2O4. The number of pyridine rings is 1. The minimum Gasteiger partial charge on any atom is -0.481 e. The van der Waals surface area contributed by atoms with Gasteiger partial charge in [0.1, 0.15) is 5.56 Å². The Labute approximate surface area is 111 Å². The van der Waals surface area contributed by atoms with Gasteiger partial charge >= 0.3 is 5.97 Å². The van der Waals surface area contributed by atoms with Crippen molar-refractivity contribution in [2.24, 2.45) is 7.05 Å². The van der Waals surface area contributed by atoms with Crippen molar-refractivity contribution in [3.8, 4) is 0 Å². The van der Waals surface area contributed by atoms with Crippen molar-refractivity contribution < 1.29 is 14.7 Å². The zero-order valence-electron chi connectivity index (χ0n) is 11.3. The van der Waals surface area contributed by atoms with Crippen LogP contribution in [0.1, 0.15) is 37.0 Å². The summed E-state index contributed by atoms with van der Waals surface area (Å²) in [4.78, 5) is 34.3. The average Bonchev–Trinajstić information content (AvgIpc) is 2.29. The van der Waals surface area contributed by atoms with Crippen LogP contribution in [0.25, 0.3) is 0 Å². The molecule has 0 fully saturated rings. The molecule has 0 radical (unpaired) electrons. The lowest BCUT2D eigenvalue weighted by atomic mass is 9.98. The highest BCUT2D eigenvalue weighted by molar-refractivity contribution is 5.94. The third kappa shape index (κ3) is 4.24. The van der Waals surface area contributed by atoms with Gasteiger partial charge < -0.3 is 15.0 Å². The second kappa shape index (κ2) is 5.69. The maximum atomic E-state index is 12.0. The monoisotopic (exact) mass is 266 g/mol. The first kappa shape index (κ1) is 14.9. The molecule has 1 amide bonds. The van der Waals surface area contributed by atoms with Gasteiger partial charge in [0.15, 0.2) is 0 Å². The second-order valence-electron chi connectivity index (χ2n) is 5.07. The van der Waals surface area contributed by atoms with Gasteiger partial charge in [-0.1, -0.05) is 0 Å². The molecule has 0 atom stereocenters. The van der Waals surface area contributed by atoms with Crippen LogP contribution in [0.5, 0.6) is 0 Å². The molecular weight excluding hydrogens is 248 g/mol. The van der Waals surface area contributed by atoms with Crippen LogP contribution < -0.4 is 10.9 Å². The maximum Gasteiger partial charge on any atom is 0.303 e. The summed E-state index contributed by atoms with van der Waals surface area (Å²) in [7, 11) is 1.56. The smallest absolute Gasteiger partial charge is 0.303 e. The number of carbonyl (C=O) groups is 2. The fourth-order valence-corrected chi connectivity index (χ4v) is 1.63. The Morgan fingerprint density at radius 1 is 1.42 bits per heavy atom. The van der Waals surface area contributed by atoms with E-state index in [0.29, 0.717) is 6.42 Å². The Hall–Kier alpha value is -2.11. The van der Waals surface area contributed by atoms with Crippen LogP contribution in [0, 0.1) is 0 Å². The van der Waals surface area contributed by atoms with Crippen LogP contribution in [0.15, 0.2) is 23.1 Å². The van der Waals surface area contributed by atoms with Crippen LogP contribution in [-0.2, 0) is 11.8 Å². The molecule has 0 saturated carbocycles. The highest BCUT2D eigenvalue weighted by Gasteiger charge is 2.23. The van der Waals surface area contributed by atoms with Crippen LogP contribution >= 0.6 is 0 Å². The number of aryl methyl sites for hydroxylation is 1. The molecule has 0 unspecified atom stereocenters. The zero-order chi connectivity index (χ0) is 14.6. The molecule has 0 spiro atoms. The van der Waals surface area contributed by atoms with Gasteiger partial charge in [0.2, 0.25) is 0 Å². The summed E-state index contributed by atoms with van der Waals surface area (Å²) in [5, 5.41) is 11.3. The first-order valence-corrected chi connectivity index (χ1v) is 5.93. The lowest BCUT2D eigenvalue weighted by Crippen LogP contribution is -2.45.